The van der Waals surface area contributed by atoms with Crippen molar-refractivity contribution in [3.63, 3.8) is 0 Å². The maximum absolute atomic E-state index is 12.9. The fourth-order valence-corrected chi connectivity index (χ4v) is 2.55. The number of aliphatic hydroxyl groups excluding tert-OH is 1. The largest absolute Gasteiger partial charge is 0.490 e. The molecule has 0 saturated carbocycles. The molecule has 3 rings (SSSR count). The number of rotatable bonds is 3. The topological polar surface area (TPSA) is 99.4 Å². The third-order valence-electron chi connectivity index (χ3n) is 3.81. The van der Waals surface area contributed by atoms with Crippen molar-refractivity contribution in [3.05, 3.63) is 48.3 Å². The number of aliphatic carboxylic acids is 1. The number of anilines is 1. The van der Waals surface area contributed by atoms with Gasteiger partial charge in [-0.2, -0.15) is 13.2 Å². The minimum atomic E-state index is -5.08. The fraction of sp³-hybridized carbons (Fsp3) is 0.375. The predicted octanol–water partition coefficient (Wildman–Crippen LogP) is 1.83. The van der Waals surface area contributed by atoms with Crippen LogP contribution < -0.4 is 4.90 Å². The highest BCUT2D eigenvalue weighted by Gasteiger charge is 2.38. The van der Waals surface area contributed by atoms with Gasteiger partial charge in [-0.3, -0.25) is 4.98 Å². The first-order valence-electron chi connectivity index (χ1n) is 7.79. The normalized spacial score (nSPS) is 19.4. The number of hydrogen-bond donors (Lipinski definition) is 2. The van der Waals surface area contributed by atoms with E-state index in [2.05, 4.69) is 15.0 Å². The van der Waals surface area contributed by atoms with Gasteiger partial charge in [-0.1, -0.05) is 0 Å². The first-order valence-corrected chi connectivity index (χ1v) is 7.79. The predicted molar refractivity (Wildman–Crippen MR) is 85.4 cm³/mol. The van der Waals surface area contributed by atoms with Crippen molar-refractivity contribution in [1.82, 2.24) is 15.0 Å². The number of hydrogen-bond acceptors (Lipinski definition) is 6. The lowest BCUT2D eigenvalue weighted by Crippen LogP contribution is -2.38. The molecule has 1 aliphatic heterocycles. The van der Waals surface area contributed by atoms with Gasteiger partial charge in [0.05, 0.1) is 24.5 Å². The van der Waals surface area contributed by atoms with E-state index >= 15 is 0 Å². The molecule has 11 heteroatoms. The molecule has 0 amide bonds. The Morgan fingerprint density at radius 3 is 2.30 bits per heavy atom. The number of carbonyl (C=O) groups is 1. The molecule has 2 aromatic heterocycles. The number of halogens is 4. The molecular weight excluding hydrogens is 372 g/mol. The highest BCUT2D eigenvalue weighted by Crippen LogP contribution is 2.25. The second-order valence-corrected chi connectivity index (χ2v) is 5.68. The van der Waals surface area contributed by atoms with Gasteiger partial charge < -0.3 is 15.1 Å². The number of pyridine rings is 1. The molecule has 1 fully saturated rings. The van der Waals surface area contributed by atoms with Crippen LogP contribution in [0.2, 0.25) is 0 Å². The quantitative estimate of drug-likeness (QED) is 0.774. The van der Waals surface area contributed by atoms with Gasteiger partial charge in [0.2, 0.25) is 5.95 Å². The van der Waals surface area contributed by atoms with E-state index in [4.69, 9.17) is 9.90 Å². The molecule has 0 unspecified atom stereocenters. The lowest BCUT2D eigenvalue weighted by atomic mass is 10.0. The minimum Gasteiger partial charge on any atom is -0.475 e. The molecule has 0 bridgehead atoms. The number of nitrogens with zero attached hydrogens (tertiary/aromatic N) is 4. The summed E-state index contributed by atoms with van der Waals surface area (Å²) in [5.74, 6) is -2.76. The van der Waals surface area contributed by atoms with E-state index in [0.29, 0.717) is 25.3 Å². The average Bonchev–Trinajstić information content (AvgIpc) is 2.97. The molecule has 0 spiro atoms. The third-order valence-corrected chi connectivity index (χ3v) is 3.81. The van der Waals surface area contributed by atoms with Crippen molar-refractivity contribution in [1.29, 1.82) is 0 Å². The van der Waals surface area contributed by atoms with Crippen molar-refractivity contribution in [2.24, 2.45) is 0 Å². The highest BCUT2D eigenvalue weighted by molar-refractivity contribution is 5.73. The summed E-state index contributed by atoms with van der Waals surface area (Å²) in [6.07, 6.45) is 1.59. The Hall–Kier alpha value is -2.82. The van der Waals surface area contributed by atoms with Crippen LogP contribution in [0.5, 0.6) is 0 Å². The summed E-state index contributed by atoms with van der Waals surface area (Å²) < 4.78 is 44.6. The first kappa shape index (κ1) is 20.5. The smallest absolute Gasteiger partial charge is 0.475 e. The Labute approximate surface area is 151 Å². The second-order valence-electron chi connectivity index (χ2n) is 5.68. The van der Waals surface area contributed by atoms with E-state index in [1.807, 2.05) is 17.0 Å². The van der Waals surface area contributed by atoms with Gasteiger partial charge in [0.15, 0.2) is 5.82 Å². The Morgan fingerprint density at radius 2 is 1.78 bits per heavy atom. The van der Waals surface area contributed by atoms with Gasteiger partial charge in [-0.05, 0) is 30.5 Å². The number of carboxylic acids is 1. The monoisotopic (exact) mass is 388 g/mol. The molecule has 1 aliphatic rings. The van der Waals surface area contributed by atoms with Crippen LogP contribution in [-0.2, 0) is 11.2 Å². The van der Waals surface area contributed by atoms with Crippen molar-refractivity contribution < 1.29 is 32.6 Å². The third kappa shape index (κ3) is 5.84. The standard InChI is InChI=1S/C14H15FN4O.C2HF3O2/c15-11-8-17-14(18-9-11)19-6-3-13(20)12(19)7-10-1-4-16-5-2-10;3-2(4,5)1(6)7/h1-2,4-5,8-9,12-13,20H,3,6-7H2;(H,6,7)/t12-,13+;/m0./s1. The Kier molecular flexibility index (Phi) is 6.61. The Bertz CT molecular complexity index is 744. The van der Waals surface area contributed by atoms with Gasteiger partial charge in [-0.25, -0.2) is 19.2 Å². The maximum atomic E-state index is 12.9. The molecule has 0 radical (unpaired) electrons. The second kappa shape index (κ2) is 8.71. The van der Waals surface area contributed by atoms with E-state index < -0.39 is 24.1 Å². The van der Waals surface area contributed by atoms with Crippen molar-refractivity contribution in [2.75, 3.05) is 11.4 Å². The molecule has 3 heterocycles. The first-order chi connectivity index (χ1) is 12.7. The number of aromatic nitrogens is 3. The fourth-order valence-electron chi connectivity index (χ4n) is 2.55. The summed E-state index contributed by atoms with van der Waals surface area (Å²) in [6, 6.07) is 3.76. The summed E-state index contributed by atoms with van der Waals surface area (Å²) in [5.41, 5.74) is 1.10. The molecule has 7 nitrogen and oxygen atoms in total. The SMILES string of the molecule is O=C(O)C(F)(F)F.O[C@@H]1CCN(c2ncc(F)cn2)[C@H]1Cc1ccncc1. The van der Waals surface area contributed by atoms with Gasteiger partial charge in [-0.15, -0.1) is 0 Å². The zero-order valence-electron chi connectivity index (χ0n) is 13.8. The zero-order valence-corrected chi connectivity index (χ0v) is 13.8. The highest BCUT2D eigenvalue weighted by atomic mass is 19.4. The number of alkyl halides is 3. The molecule has 2 atom stereocenters. The summed E-state index contributed by atoms with van der Waals surface area (Å²) in [6.45, 7) is 0.669. The van der Waals surface area contributed by atoms with E-state index in [1.165, 1.54) is 0 Å². The van der Waals surface area contributed by atoms with Crippen LogP contribution in [0.3, 0.4) is 0 Å². The van der Waals surface area contributed by atoms with Crippen molar-refractivity contribution >= 4 is 11.9 Å². The molecule has 2 N–H and O–H groups in total. The van der Waals surface area contributed by atoms with Crippen LogP contribution in [0, 0.1) is 5.82 Å². The molecular formula is C16H16F4N4O3. The lowest BCUT2D eigenvalue weighted by molar-refractivity contribution is -0.192. The van der Waals surface area contributed by atoms with E-state index in [9.17, 15) is 22.7 Å². The average molecular weight is 388 g/mol. The lowest BCUT2D eigenvalue weighted by Gasteiger charge is -2.26. The van der Waals surface area contributed by atoms with Crippen molar-refractivity contribution in [2.45, 2.75) is 31.2 Å². The minimum absolute atomic E-state index is 0.0946. The Morgan fingerprint density at radius 1 is 1.22 bits per heavy atom. The van der Waals surface area contributed by atoms with Crippen LogP contribution in [0.4, 0.5) is 23.5 Å². The zero-order chi connectivity index (χ0) is 20.0. The summed E-state index contributed by atoms with van der Waals surface area (Å²) in [4.78, 5) is 22.8. The van der Waals surface area contributed by atoms with E-state index in [0.717, 1.165) is 18.0 Å². The molecule has 27 heavy (non-hydrogen) atoms. The Balaban J connectivity index is 0.000000321. The van der Waals surface area contributed by atoms with Gasteiger partial charge in [0, 0.05) is 18.9 Å². The van der Waals surface area contributed by atoms with Crippen LogP contribution in [0.1, 0.15) is 12.0 Å². The summed E-state index contributed by atoms with van der Waals surface area (Å²) in [5, 5.41) is 17.3. The van der Waals surface area contributed by atoms with Crippen LogP contribution in [0.25, 0.3) is 0 Å². The number of aliphatic hydroxyl groups is 1. The molecule has 2 aromatic rings. The van der Waals surface area contributed by atoms with E-state index in [-0.39, 0.29) is 6.04 Å². The molecule has 146 valence electrons. The van der Waals surface area contributed by atoms with E-state index in [1.54, 1.807) is 12.4 Å². The van der Waals surface area contributed by atoms with Crippen LogP contribution >= 0.6 is 0 Å². The number of carboxylic acid groups (broad SMARTS) is 1. The summed E-state index contributed by atoms with van der Waals surface area (Å²) >= 11 is 0. The van der Waals surface area contributed by atoms with Gasteiger partial charge >= 0.3 is 12.1 Å². The van der Waals surface area contributed by atoms with Crippen molar-refractivity contribution in [3.8, 4) is 0 Å². The molecule has 0 aromatic carbocycles. The molecule has 1 saturated heterocycles. The van der Waals surface area contributed by atoms with Crippen LogP contribution in [-0.4, -0.2) is 56.0 Å². The molecule has 0 aliphatic carbocycles. The van der Waals surface area contributed by atoms with Gasteiger partial charge in [0.1, 0.15) is 0 Å². The van der Waals surface area contributed by atoms with Crippen LogP contribution in [0.15, 0.2) is 36.9 Å². The summed E-state index contributed by atoms with van der Waals surface area (Å²) in [7, 11) is 0. The van der Waals surface area contributed by atoms with Gasteiger partial charge in [0.25, 0.3) is 0 Å². The maximum Gasteiger partial charge on any atom is 0.490 e.